The lowest BCUT2D eigenvalue weighted by atomic mass is 9.82. The van der Waals surface area contributed by atoms with E-state index in [1.807, 2.05) is 0 Å². The van der Waals surface area contributed by atoms with Crippen molar-refractivity contribution in [2.45, 2.75) is 18.2 Å². The first kappa shape index (κ1) is 23.1. The summed E-state index contributed by atoms with van der Waals surface area (Å²) in [6.45, 7) is 9.18. The van der Waals surface area contributed by atoms with E-state index < -0.39 is 17.3 Å². The van der Waals surface area contributed by atoms with Gasteiger partial charge in [0, 0.05) is 28.5 Å². The number of benzene rings is 3. The largest absolute Gasteiger partial charge is 0.382 e. The van der Waals surface area contributed by atoms with E-state index in [0.29, 0.717) is 32.7 Å². The van der Waals surface area contributed by atoms with Gasteiger partial charge in [-0.2, -0.15) is 0 Å². The van der Waals surface area contributed by atoms with Crippen LogP contribution in [0.5, 0.6) is 0 Å². The predicted octanol–water partition coefficient (Wildman–Crippen LogP) is 6.24. The summed E-state index contributed by atoms with van der Waals surface area (Å²) in [5, 5.41) is 13.5. The van der Waals surface area contributed by atoms with Crippen LogP contribution in [0, 0.1) is 6.57 Å². The summed E-state index contributed by atoms with van der Waals surface area (Å²) in [4.78, 5) is 20.3. The summed E-state index contributed by atoms with van der Waals surface area (Å²) >= 11 is 12.2. The van der Waals surface area contributed by atoms with Crippen LogP contribution in [0.4, 0.5) is 21.9 Å². The molecule has 4 rings (SSSR count). The topological polar surface area (TPSA) is 57.4 Å². The number of ether oxygens (including phenoxy) is 1. The third-order valence-corrected chi connectivity index (χ3v) is 6.43. The molecular formula is C25H21Cl2N3O3. The molecular weight excluding hydrogens is 461 g/mol. The van der Waals surface area contributed by atoms with E-state index in [0.717, 1.165) is 0 Å². The third-order valence-electron chi connectivity index (χ3n) is 5.92. The number of methoxy groups -OCH3 is 1. The summed E-state index contributed by atoms with van der Waals surface area (Å²) in [6.07, 6.45) is 0. The number of halogens is 2. The first-order valence-electron chi connectivity index (χ1n) is 10.1. The number of aliphatic hydroxyl groups is 1. The van der Waals surface area contributed by atoms with Crippen molar-refractivity contribution in [2.24, 2.45) is 0 Å². The average Bonchev–Trinajstić information content (AvgIpc) is 2.98. The smallest absolute Gasteiger partial charge is 0.332 e. The van der Waals surface area contributed by atoms with Crippen molar-refractivity contribution in [3.63, 3.8) is 0 Å². The molecule has 1 N–H and O–H groups in total. The zero-order valence-electron chi connectivity index (χ0n) is 18.0. The molecule has 3 aromatic carbocycles. The molecule has 0 spiro atoms. The number of rotatable bonds is 5. The maximum atomic E-state index is 14.0. The Bertz CT molecular complexity index is 1230. The molecule has 1 aliphatic heterocycles. The van der Waals surface area contributed by atoms with Crippen LogP contribution >= 0.6 is 23.2 Å². The Kier molecular flexibility index (Phi) is 6.08. The lowest BCUT2D eigenvalue weighted by Crippen LogP contribution is -2.60. The Balaban J connectivity index is 2.02. The summed E-state index contributed by atoms with van der Waals surface area (Å²) in [5.41, 5.74) is -1.47. The second kappa shape index (κ2) is 8.69. The molecule has 3 aromatic rings. The van der Waals surface area contributed by atoms with Crippen molar-refractivity contribution < 1.29 is 14.6 Å². The predicted molar refractivity (Wildman–Crippen MR) is 130 cm³/mol. The summed E-state index contributed by atoms with van der Waals surface area (Å²) in [6, 6.07) is 19.6. The molecule has 2 atom stereocenters. The second-order valence-electron chi connectivity index (χ2n) is 7.95. The summed E-state index contributed by atoms with van der Waals surface area (Å²) in [7, 11) is 1.51. The molecule has 0 saturated carbocycles. The van der Waals surface area contributed by atoms with Crippen molar-refractivity contribution in [1.29, 1.82) is 0 Å². The monoisotopic (exact) mass is 481 g/mol. The number of carbonyl (C=O) groups excluding carboxylic acids is 1. The molecule has 0 aliphatic carbocycles. The second-order valence-corrected chi connectivity index (χ2v) is 8.82. The Morgan fingerprint density at radius 2 is 1.52 bits per heavy atom. The number of urea groups is 1. The van der Waals surface area contributed by atoms with Gasteiger partial charge in [0.2, 0.25) is 0 Å². The first-order valence-corrected chi connectivity index (χ1v) is 10.9. The van der Waals surface area contributed by atoms with Crippen LogP contribution in [-0.4, -0.2) is 30.4 Å². The van der Waals surface area contributed by atoms with Crippen LogP contribution < -0.4 is 9.80 Å². The fraction of sp³-hybridized carbons (Fsp3) is 0.200. The van der Waals surface area contributed by atoms with Gasteiger partial charge >= 0.3 is 6.03 Å². The van der Waals surface area contributed by atoms with Crippen LogP contribution in [0.1, 0.15) is 12.5 Å². The lowest BCUT2D eigenvalue weighted by Gasteiger charge is -2.44. The van der Waals surface area contributed by atoms with Gasteiger partial charge in [0.05, 0.1) is 13.2 Å². The highest BCUT2D eigenvalue weighted by atomic mass is 35.5. The molecule has 1 aliphatic rings. The molecule has 8 heteroatoms. The highest BCUT2D eigenvalue weighted by molar-refractivity contribution is 6.31. The van der Waals surface area contributed by atoms with Gasteiger partial charge in [-0.05, 0) is 67.1 Å². The Labute approximate surface area is 202 Å². The van der Waals surface area contributed by atoms with E-state index in [9.17, 15) is 9.90 Å². The van der Waals surface area contributed by atoms with E-state index in [1.165, 1.54) is 16.9 Å². The van der Waals surface area contributed by atoms with E-state index in [-0.39, 0.29) is 6.61 Å². The van der Waals surface area contributed by atoms with Gasteiger partial charge in [-0.3, -0.25) is 9.80 Å². The van der Waals surface area contributed by atoms with Crippen LogP contribution in [0.2, 0.25) is 10.0 Å². The number of anilines is 2. The molecule has 1 heterocycles. The van der Waals surface area contributed by atoms with Gasteiger partial charge in [-0.15, -0.1) is 0 Å². The van der Waals surface area contributed by atoms with E-state index in [2.05, 4.69) is 4.85 Å². The lowest BCUT2D eigenvalue weighted by molar-refractivity contribution is -0.0409. The zero-order chi connectivity index (χ0) is 23.8. The Morgan fingerprint density at radius 3 is 2.03 bits per heavy atom. The van der Waals surface area contributed by atoms with Gasteiger partial charge in [-0.1, -0.05) is 41.4 Å². The molecule has 2 amide bonds. The molecule has 0 radical (unpaired) electrons. The van der Waals surface area contributed by atoms with Crippen molar-refractivity contribution in [3.8, 4) is 0 Å². The van der Waals surface area contributed by atoms with Crippen molar-refractivity contribution >= 4 is 46.3 Å². The standard InChI is InChI=1S/C25H21Cl2N3O3/c1-24(16-33-3)25(32,17-5-4-6-20(15-17)28-2)30(22-13-9-19(27)10-14-22)23(31)29(24)21-11-7-18(26)8-12-21/h4-15,32H,16H2,1,3H3. The minimum absolute atomic E-state index is 0.00417. The highest BCUT2D eigenvalue weighted by Crippen LogP contribution is 2.51. The summed E-state index contributed by atoms with van der Waals surface area (Å²) < 4.78 is 5.54. The van der Waals surface area contributed by atoms with Gasteiger partial charge in [-0.25, -0.2) is 9.64 Å². The number of amides is 2. The molecule has 168 valence electrons. The van der Waals surface area contributed by atoms with Crippen LogP contribution in [0.25, 0.3) is 4.85 Å². The van der Waals surface area contributed by atoms with Gasteiger partial charge in [0.25, 0.3) is 0 Å². The molecule has 1 saturated heterocycles. The molecule has 1 fully saturated rings. The number of carbonyl (C=O) groups is 1. The van der Waals surface area contributed by atoms with E-state index in [1.54, 1.807) is 79.7 Å². The molecule has 0 bridgehead atoms. The number of hydrogen-bond donors (Lipinski definition) is 1. The maximum absolute atomic E-state index is 14.0. The van der Waals surface area contributed by atoms with Gasteiger partial charge in [0.1, 0.15) is 5.54 Å². The SMILES string of the molecule is [C-]#[N+]c1cccc(C2(O)N(c3ccc(Cl)cc3)C(=O)N(c3ccc(Cl)cc3)C2(C)COC)c1. The maximum Gasteiger partial charge on any atom is 0.332 e. The minimum Gasteiger partial charge on any atom is -0.382 e. The molecule has 6 nitrogen and oxygen atoms in total. The van der Waals surface area contributed by atoms with Gasteiger partial charge < -0.3 is 9.84 Å². The van der Waals surface area contributed by atoms with Crippen molar-refractivity contribution in [1.82, 2.24) is 0 Å². The minimum atomic E-state index is -1.89. The quantitative estimate of drug-likeness (QED) is 0.438. The van der Waals surface area contributed by atoms with Crippen LogP contribution in [0.3, 0.4) is 0 Å². The fourth-order valence-corrected chi connectivity index (χ4v) is 4.65. The number of hydrogen-bond acceptors (Lipinski definition) is 3. The normalized spacial score (nSPS) is 22.5. The van der Waals surface area contributed by atoms with Crippen molar-refractivity contribution in [3.05, 3.63) is 99.8 Å². The van der Waals surface area contributed by atoms with Crippen molar-refractivity contribution in [2.75, 3.05) is 23.5 Å². The van der Waals surface area contributed by atoms with Gasteiger partial charge in [0.15, 0.2) is 11.4 Å². The molecule has 33 heavy (non-hydrogen) atoms. The molecule has 0 aromatic heterocycles. The zero-order valence-corrected chi connectivity index (χ0v) is 19.5. The Morgan fingerprint density at radius 1 is 0.970 bits per heavy atom. The third kappa shape index (κ3) is 3.64. The Hall–Kier alpha value is -3.08. The molecule has 2 unspecified atom stereocenters. The van der Waals surface area contributed by atoms with E-state index in [4.69, 9.17) is 34.5 Å². The fourth-order valence-electron chi connectivity index (χ4n) is 4.40. The van der Waals surface area contributed by atoms with Crippen LogP contribution in [-0.2, 0) is 10.5 Å². The first-order chi connectivity index (χ1) is 15.8. The highest BCUT2D eigenvalue weighted by Gasteiger charge is 2.66. The summed E-state index contributed by atoms with van der Waals surface area (Å²) in [5.74, 6) is 0. The van der Waals surface area contributed by atoms with Crippen LogP contribution in [0.15, 0.2) is 72.8 Å². The average molecular weight is 482 g/mol. The van der Waals surface area contributed by atoms with E-state index >= 15 is 0 Å². The number of nitrogens with zero attached hydrogens (tertiary/aromatic N) is 3.